The van der Waals surface area contributed by atoms with E-state index in [1.807, 2.05) is 38.1 Å². The fraction of sp³-hybridized carbons (Fsp3) is 0.545. The summed E-state index contributed by atoms with van der Waals surface area (Å²) in [7, 11) is 1.85. The first-order valence-corrected chi connectivity index (χ1v) is 10.9. The van der Waals surface area contributed by atoms with E-state index in [4.69, 9.17) is 9.47 Å². The van der Waals surface area contributed by atoms with Crippen LogP contribution in [0.1, 0.15) is 29.3 Å². The molecule has 176 valence electrons. The van der Waals surface area contributed by atoms with E-state index in [0.717, 1.165) is 16.8 Å². The molecular weight excluding hydrogens is 437 g/mol. The fourth-order valence-corrected chi connectivity index (χ4v) is 4.12. The first kappa shape index (κ1) is 21.9. The van der Waals surface area contributed by atoms with Crippen molar-refractivity contribution < 1.29 is 22.6 Å². The Morgan fingerprint density at radius 2 is 2.03 bits per heavy atom. The first-order chi connectivity index (χ1) is 15.7. The Kier molecular flexibility index (Phi) is 5.38. The van der Waals surface area contributed by atoms with Crippen LogP contribution in [0.5, 0.6) is 5.88 Å². The number of nitrogens with zero attached hydrogens (tertiary/aromatic N) is 6. The third-order valence-electron chi connectivity index (χ3n) is 6.31. The molecule has 0 unspecified atom stereocenters. The Bertz CT molecular complexity index is 1180. The molecule has 4 heterocycles. The number of alkyl halides is 3. The molecule has 1 aliphatic heterocycles. The molecule has 1 aliphatic carbocycles. The smallest absolute Gasteiger partial charge is 0.392 e. The van der Waals surface area contributed by atoms with Crippen LogP contribution in [-0.2, 0) is 11.8 Å². The van der Waals surface area contributed by atoms with Gasteiger partial charge in [0.2, 0.25) is 11.8 Å². The quantitative estimate of drug-likeness (QED) is 0.574. The molecule has 0 aromatic carbocycles. The second-order valence-electron chi connectivity index (χ2n) is 8.80. The second kappa shape index (κ2) is 8.12. The predicted molar refractivity (Wildman–Crippen MR) is 114 cm³/mol. The Balaban J connectivity index is 1.43. The largest absolute Gasteiger partial charge is 0.477 e. The molecule has 0 spiro atoms. The standard InChI is InChI=1S/C22H25F3N6O2/c1-12-6-16-19(27-13(12)2)28-21(29-20(16)33-11-14-7-17(14)22(23,24)25)31-4-5-32-18(10-31)15-8-26-30(3)9-15/h6,8-9,14,17-18H,4-5,7,10-11H2,1-3H3/t14-,17+,18-/m0/s1. The van der Waals surface area contributed by atoms with Crippen LogP contribution < -0.4 is 9.64 Å². The van der Waals surface area contributed by atoms with E-state index in [-0.39, 0.29) is 25.0 Å². The Morgan fingerprint density at radius 3 is 2.73 bits per heavy atom. The van der Waals surface area contributed by atoms with E-state index < -0.39 is 18.0 Å². The van der Waals surface area contributed by atoms with Crippen molar-refractivity contribution in [1.29, 1.82) is 0 Å². The van der Waals surface area contributed by atoms with Crippen LogP contribution in [0.25, 0.3) is 11.0 Å². The van der Waals surface area contributed by atoms with Crippen LogP contribution in [-0.4, -0.2) is 57.2 Å². The summed E-state index contributed by atoms with van der Waals surface area (Å²) in [6.07, 6.45) is -0.610. The van der Waals surface area contributed by atoms with E-state index in [0.29, 0.717) is 36.7 Å². The molecule has 33 heavy (non-hydrogen) atoms. The Labute approximate surface area is 188 Å². The third-order valence-corrected chi connectivity index (χ3v) is 6.31. The number of rotatable bonds is 5. The van der Waals surface area contributed by atoms with Gasteiger partial charge in [-0.3, -0.25) is 4.68 Å². The minimum Gasteiger partial charge on any atom is -0.477 e. The summed E-state index contributed by atoms with van der Waals surface area (Å²) in [6, 6.07) is 1.88. The van der Waals surface area contributed by atoms with Crippen molar-refractivity contribution in [2.24, 2.45) is 18.9 Å². The number of halogens is 3. The molecule has 3 aromatic rings. The summed E-state index contributed by atoms with van der Waals surface area (Å²) in [4.78, 5) is 15.8. The van der Waals surface area contributed by atoms with Gasteiger partial charge in [0, 0.05) is 37.0 Å². The monoisotopic (exact) mass is 462 g/mol. The van der Waals surface area contributed by atoms with Gasteiger partial charge in [0.15, 0.2) is 5.65 Å². The van der Waals surface area contributed by atoms with Gasteiger partial charge < -0.3 is 14.4 Å². The minimum atomic E-state index is -4.18. The van der Waals surface area contributed by atoms with Crippen LogP contribution in [0.3, 0.4) is 0 Å². The molecule has 0 radical (unpaired) electrons. The van der Waals surface area contributed by atoms with E-state index in [9.17, 15) is 13.2 Å². The molecule has 8 nitrogen and oxygen atoms in total. The first-order valence-electron chi connectivity index (χ1n) is 10.9. The zero-order valence-electron chi connectivity index (χ0n) is 18.6. The van der Waals surface area contributed by atoms with E-state index in [1.54, 1.807) is 10.9 Å². The maximum atomic E-state index is 12.9. The van der Waals surface area contributed by atoms with Crippen molar-refractivity contribution in [2.75, 3.05) is 31.2 Å². The van der Waals surface area contributed by atoms with Gasteiger partial charge in [-0.05, 0) is 31.9 Å². The highest BCUT2D eigenvalue weighted by molar-refractivity contribution is 5.82. The molecule has 1 saturated carbocycles. The molecule has 3 aromatic heterocycles. The number of aryl methyl sites for hydroxylation is 3. The maximum Gasteiger partial charge on any atom is 0.392 e. The highest BCUT2D eigenvalue weighted by atomic mass is 19.4. The van der Waals surface area contributed by atoms with Crippen molar-refractivity contribution in [3.8, 4) is 5.88 Å². The molecule has 0 bridgehead atoms. The number of aromatic nitrogens is 5. The number of anilines is 1. The summed E-state index contributed by atoms with van der Waals surface area (Å²) in [5.41, 5.74) is 3.18. The highest BCUT2D eigenvalue weighted by Crippen LogP contribution is 2.50. The average Bonchev–Trinajstić information content (AvgIpc) is 3.45. The summed E-state index contributed by atoms with van der Waals surface area (Å²) in [6.45, 7) is 5.34. The summed E-state index contributed by atoms with van der Waals surface area (Å²) in [5.74, 6) is -1.15. The lowest BCUT2D eigenvalue weighted by Gasteiger charge is -2.32. The third kappa shape index (κ3) is 4.46. The van der Waals surface area contributed by atoms with E-state index in [2.05, 4.69) is 20.1 Å². The molecule has 11 heteroatoms. The zero-order valence-corrected chi connectivity index (χ0v) is 18.6. The molecule has 1 saturated heterocycles. The Morgan fingerprint density at radius 1 is 1.21 bits per heavy atom. The van der Waals surface area contributed by atoms with Crippen molar-refractivity contribution in [2.45, 2.75) is 32.5 Å². The van der Waals surface area contributed by atoms with Gasteiger partial charge in [0.05, 0.1) is 37.3 Å². The number of fused-ring (bicyclic) bond motifs is 1. The van der Waals surface area contributed by atoms with Gasteiger partial charge in [0.25, 0.3) is 0 Å². The van der Waals surface area contributed by atoms with Gasteiger partial charge in [0.1, 0.15) is 6.10 Å². The lowest BCUT2D eigenvalue weighted by atomic mass is 10.1. The molecule has 0 amide bonds. The van der Waals surface area contributed by atoms with Crippen LogP contribution in [0.4, 0.5) is 19.1 Å². The van der Waals surface area contributed by atoms with E-state index in [1.165, 1.54) is 0 Å². The molecule has 5 rings (SSSR count). The number of ether oxygens (including phenoxy) is 2. The van der Waals surface area contributed by atoms with Crippen LogP contribution in [0.2, 0.25) is 0 Å². The fourth-order valence-electron chi connectivity index (χ4n) is 4.12. The molecule has 2 aliphatic rings. The topological polar surface area (TPSA) is 78.2 Å². The van der Waals surface area contributed by atoms with Crippen LogP contribution in [0, 0.1) is 25.7 Å². The van der Waals surface area contributed by atoms with Gasteiger partial charge in [-0.15, -0.1) is 0 Å². The van der Waals surface area contributed by atoms with E-state index >= 15 is 0 Å². The van der Waals surface area contributed by atoms with Gasteiger partial charge in [-0.2, -0.15) is 28.2 Å². The van der Waals surface area contributed by atoms with Gasteiger partial charge >= 0.3 is 6.18 Å². The minimum absolute atomic E-state index is 0.0376. The summed E-state index contributed by atoms with van der Waals surface area (Å²) < 4.78 is 52.3. The lowest BCUT2D eigenvalue weighted by molar-refractivity contribution is -0.151. The molecular formula is C22H25F3N6O2. The average molecular weight is 462 g/mol. The molecule has 3 atom stereocenters. The second-order valence-corrected chi connectivity index (χ2v) is 8.80. The number of pyridine rings is 1. The predicted octanol–water partition coefficient (Wildman–Crippen LogP) is 3.53. The Hall–Kier alpha value is -2.95. The highest BCUT2D eigenvalue weighted by Gasteiger charge is 2.55. The normalized spacial score (nSPS) is 23.2. The van der Waals surface area contributed by atoms with Gasteiger partial charge in [-0.25, -0.2) is 4.98 Å². The van der Waals surface area contributed by atoms with Crippen molar-refractivity contribution in [1.82, 2.24) is 24.7 Å². The van der Waals surface area contributed by atoms with Gasteiger partial charge in [-0.1, -0.05) is 0 Å². The SMILES string of the molecule is Cc1cc2c(OC[C@@H]3C[C@H]3C(F)(F)F)nc(N3CCO[C@H](c4cnn(C)c4)C3)nc2nc1C. The number of morpholine rings is 1. The lowest BCUT2D eigenvalue weighted by Crippen LogP contribution is -2.39. The van der Waals surface area contributed by atoms with Crippen molar-refractivity contribution >= 4 is 17.0 Å². The molecule has 2 fully saturated rings. The zero-order chi connectivity index (χ0) is 23.3. The summed E-state index contributed by atoms with van der Waals surface area (Å²) >= 11 is 0. The van der Waals surface area contributed by atoms with Crippen LogP contribution in [0.15, 0.2) is 18.5 Å². The van der Waals surface area contributed by atoms with Crippen molar-refractivity contribution in [3.63, 3.8) is 0 Å². The maximum absolute atomic E-state index is 12.9. The number of hydrogen-bond donors (Lipinski definition) is 0. The summed E-state index contributed by atoms with van der Waals surface area (Å²) in [5, 5.41) is 4.81. The van der Waals surface area contributed by atoms with Crippen molar-refractivity contribution in [3.05, 3.63) is 35.3 Å². The molecule has 0 N–H and O–H groups in total. The van der Waals surface area contributed by atoms with Crippen LogP contribution >= 0.6 is 0 Å². The number of hydrogen-bond acceptors (Lipinski definition) is 7.